The summed E-state index contributed by atoms with van der Waals surface area (Å²) in [7, 11) is 3.37. The van der Waals surface area contributed by atoms with Gasteiger partial charge in [-0.15, -0.1) is 0 Å². The number of nitrogens with one attached hydrogen (secondary N) is 1. The Morgan fingerprint density at radius 3 is 2.25 bits per heavy atom. The van der Waals surface area contributed by atoms with Crippen LogP contribution in [-0.4, -0.2) is 26.3 Å². The first kappa shape index (κ1) is 15.2. The van der Waals surface area contributed by atoms with Crippen LogP contribution in [0.3, 0.4) is 0 Å². The van der Waals surface area contributed by atoms with Crippen molar-refractivity contribution in [3.63, 3.8) is 0 Å². The van der Waals surface area contributed by atoms with E-state index in [4.69, 9.17) is 9.47 Å². The highest BCUT2D eigenvalue weighted by Gasteiger charge is 2.52. The molecule has 1 aromatic carbocycles. The van der Waals surface area contributed by atoms with Crippen molar-refractivity contribution in [1.82, 2.24) is 5.32 Å². The van der Waals surface area contributed by atoms with E-state index in [0.29, 0.717) is 5.92 Å². The fourth-order valence-corrected chi connectivity index (χ4v) is 2.81. The van der Waals surface area contributed by atoms with Crippen molar-refractivity contribution in [3.05, 3.63) is 23.8 Å². The third-order valence-corrected chi connectivity index (χ3v) is 4.35. The second-order valence-electron chi connectivity index (χ2n) is 6.93. The Kier molecular flexibility index (Phi) is 4.01. The molecule has 1 aliphatic carbocycles. The molecule has 1 aromatic rings. The maximum atomic E-state index is 5.44. The summed E-state index contributed by atoms with van der Waals surface area (Å²) < 4.78 is 10.8. The highest BCUT2D eigenvalue weighted by Crippen LogP contribution is 2.54. The summed E-state index contributed by atoms with van der Waals surface area (Å²) in [5.74, 6) is 2.32. The molecule has 0 spiro atoms. The molecule has 3 nitrogen and oxygen atoms in total. The Morgan fingerprint density at radius 1 is 1.20 bits per heavy atom. The minimum absolute atomic E-state index is 0.145. The van der Waals surface area contributed by atoms with Crippen molar-refractivity contribution >= 4 is 0 Å². The van der Waals surface area contributed by atoms with Crippen molar-refractivity contribution in [1.29, 1.82) is 0 Å². The predicted molar refractivity (Wildman–Crippen MR) is 82.8 cm³/mol. The predicted octanol–water partition coefficient (Wildman–Crippen LogP) is 3.37. The van der Waals surface area contributed by atoms with Gasteiger partial charge in [-0.1, -0.05) is 13.0 Å². The molecule has 112 valence electrons. The van der Waals surface area contributed by atoms with Crippen LogP contribution in [0.15, 0.2) is 18.2 Å². The van der Waals surface area contributed by atoms with Gasteiger partial charge in [0.2, 0.25) is 0 Å². The third-order valence-electron chi connectivity index (χ3n) is 4.35. The molecule has 0 aliphatic heterocycles. The van der Waals surface area contributed by atoms with Crippen molar-refractivity contribution < 1.29 is 9.47 Å². The highest BCUT2D eigenvalue weighted by atomic mass is 16.5. The van der Waals surface area contributed by atoms with Gasteiger partial charge in [-0.25, -0.2) is 0 Å². The summed E-state index contributed by atoms with van der Waals surface area (Å²) >= 11 is 0. The molecule has 2 unspecified atom stereocenters. The van der Waals surface area contributed by atoms with E-state index in [0.717, 1.165) is 18.0 Å². The number of hydrogen-bond donors (Lipinski definition) is 1. The van der Waals surface area contributed by atoms with E-state index in [1.165, 1.54) is 12.0 Å². The largest absolute Gasteiger partial charge is 0.493 e. The quantitative estimate of drug-likeness (QED) is 0.895. The van der Waals surface area contributed by atoms with Gasteiger partial charge in [0.1, 0.15) is 0 Å². The van der Waals surface area contributed by atoms with E-state index in [1.807, 2.05) is 6.07 Å². The average Bonchev–Trinajstić information content (AvgIpc) is 3.07. The van der Waals surface area contributed by atoms with Crippen LogP contribution < -0.4 is 14.8 Å². The molecule has 0 heterocycles. The molecule has 1 N–H and O–H groups in total. The van der Waals surface area contributed by atoms with Crippen LogP contribution in [0.4, 0.5) is 0 Å². The lowest BCUT2D eigenvalue weighted by molar-refractivity contribution is 0.352. The molecule has 2 atom stereocenters. The number of hydrogen-bond acceptors (Lipinski definition) is 3. The molecule has 0 bridgehead atoms. The normalized spacial score (nSPS) is 25.4. The topological polar surface area (TPSA) is 30.5 Å². The number of ether oxygens (including phenoxy) is 2. The van der Waals surface area contributed by atoms with Crippen LogP contribution in [0.2, 0.25) is 0 Å². The molecule has 0 radical (unpaired) electrons. The summed E-state index contributed by atoms with van der Waals surface area (Å²) in [6, 6.07) is 6.32. The zero-order valence-corrected chi connectivity index (χ0v) is 13.5. The summed E-state index contributed by atoms with van der Waals surface area (Å²) in [6.45, 7) is 9.96. The Balaban J connectivity index is 2.24. The van der Waals surface area contributed by atoms with E-state index >= 15 is 0 Å². The molecule has 1 aliphatic rings. The molecule has 1 saturated carbocycles. The van der Waals surface area contributed by atoms with E-state index in [9.17, 15) is 0 Å². The van der Waals surface area contributed by atoms with Gasteiger partial charge in [0, 0.05) is 17.5 Å². The molecule has 2 rings (SSSR count). The number of rotatable bonds is 5. The first-order valence-electron chi connectivity index (χ1n) is 7.30. The van der Waals surface area contributed by atoms with E-state index in [2.05, 4.69) is 45.1 Å². The fourth-order valence-electron chi connectivity index (χ4n) is 2.81. The molecular weight excluding hydrogens is 250 g/mol. The molecule has 0 aromatic heterocycles. The lowest BCUT2D eigenvalue weighted by Gasteiger charge is -2.26. The van der Waals surface area contributed by atoms with Gasteiger partial charge < -0.3 is 14.8 Å². The standard InChI is InChI=1S/C17H27NO2/c1-12-10-17(12,11-18-16(2,3)4)13-7-8-14(19-5)15(9-13)20-6/h7-9,12,18H,10-11H2,1-6H3. The molecular formula is C17H27NO2. The average molecular weight is 277 g/mol. The third kappa shape index (κ3) is 2.93. The summed E-state index contributed by atoms with van der Waals surface area (Å²) in [6.07, 6.45) is 1.23. The smallest absolute Gasteiger partial charge is 0.161 e. The minimum Gasteiger partial charge on any atom is -0.493 e. The van der Waals surface area contributed by atoms with Crippen molar-refractivity contribution in [2.45, 2.75) is 45.1 Å². The van der Waals surface area contributed by atoms with Gasteiger partial charge in [0.05, 0.1) is 14.2 Å². The van der Waals surface area contributed by atoms with Gasteiger partial charge in [-0.2, -0.15) is 0 Å². The molecule has 1 fully saturated rings. The van der Waals surface area contributed by atoms with Gasteiger partial charge in [0.15, 0.2) is 11.5 Å². The minimum atomic E-state index is 0.145. The number of methoxy groups -OCH3 is 2. The zero-order chi connectivity index (χ0) is 15.0. The van der Waals surface area contributed by atoms with Crippen LogP contribution in [0.5, 0.6) is 11.5 Å². The monoisotopic (exact) mass is 277 g/mol. The molecule has 0 saturated heterocycles. The highest BCUT2D eigenvalue weighted by molar-refractivity contribution is 5.47. The van der Waals surface area contributed by atoms with E-state index in [-0.39, 0.29) is 11.0 Å². The van der Waals surface area contributed by atoms with Gasteiger partial charge in [-0.3, -0.25) is 0 Å². The SMILES string of the molecule is COc1ccc(C2(CNC(C)(C)C)CC2C)cc1OC. The first-order chi connectivity index (χ1) is 9.32. The maximum absolute atomic E-state index is 5.44. The molecule has 0 amide bonds. The van der Waals surface area contributed by atoms with Gasteiger partial charge >= 0.3 is 0 Å². The van der Waals surface area contributed by atoms with E-state index < -0.39 is 0 Å². The van der Waals surface area contributed by atoms with Crippen LogP contribution >= 0.6 is 0 Å². The van der Waals surface area contributed by atoms with Crippen molar-refractivity contribution in [3.8, 4) is 11.5 Å². The fraction of sp³-hybridized carbons (Fsp3) is 0.647. The second kappa shape index (κ2) is 5.28. The lowest BCUT2D eigenvalue weighted by Crippen LogP contribution is -2.41. The van der Waals surface area contributed by atoms with Crippen LogP contribution in [0.25, 0.3) is 0 Å². The second-order valence-corrected chi connectivity index (χ2v) is 6.93. The lowest BCUT2D eigenvalue weighted by atomic mass is 9.92. The maximum Gasteiger partial charge on any atom is 0.161 e. The Bertz CT molecular complexity index is 478. The van der Waals surface area contributed by atoms with Crippen LogP contribution in [0, 0.1) is 5.92 Å². The number of benzene rings is 1. The van der Waals surface area contributed by atoms with Crippen LogP contribution in [0.1, 0.15) is 39.7 Å². The van der Waals surface area contributed by atoms with Gasteiger partial charge in [-0.05, 0) is 50.8 Å². The summed E-state index contributed by atoms with van der Waals surface area (Å²) in [4.78, 5) is 0. The van der Waals surface area contributed by atoms with Crippen molar-refractivity contribution in [2.24, 2.45) is 5.92 Å². The zero-order valence-electron chi connectivity index (χ0n) is 13.5. The Labute approximate surface area is 122 Å². The Hall–Kier alpha value is -1.22. The van der Waals surface area contributed by atoms with Gasteiger partial charge in [0.25, 0.3) is 0 Å². The summed E-state index contributed by atoms with van der Waals surface area (Å²) in [5.41, 5.74) is 1.73. The molecule has 20 heavy (non-hydrogen) atoms. The van der Waals surface area contributed by atoms with Crippen LogP contribution in [-0.2, 0) is 5.41 Å². The van der Waals surface area contributed by atoms with E-state index in [1.54, 1.807) is 14.2 Å². The first-order valence-corrected chi connectivity index (χ1v) is 7.30. The van der Waals surface area contributed by atoms with Crippen molar-refractivity contribution in [2.75, 3.05) is 20.8 Å². The summed E-state index contributed by atoms with van der Waals surface area (Å²) in [5, 5.41) is 3.65. The Morgan fingerprint density at radius 2 is 1.80 bits per heavy atom. The molecule has 3 heteroatoms.